The molecule has 1 aliphatic carbocycles. The number of aliphatic carboxylic acids is 1. The molecule has 142 valence electrons. The summed E-state index contributed by atoms with van der Waals surface area (Å²) in [7, 11) is 0. The molecule has 0 radical (unpaired) electrons. The number of amides is 1. The standard InChI is InChI=1S/C19H16F3NO4/c20-19(21,22)27-15-9-5-4-8-12(15)13-10-14(13)17(24)23-16(18(25)26)11-6-2-1-3-7-11/h1-9,13-14,16H,10H2,(H,23,24)(H,25,26)/t13?,14?,16-/m1/s1. The molecule has 2 N–H and O–H groups in total. The fraction of sp³-hybridized carbons (Fsp3) is 0.263. The van der Waals surface area contributed by atoms with Crippen LogP contribution in [0.3, 0.4) is 0 Å². The van der Waals surface area contributed by atoms with Gasteiger partial charge < -0.3 is 15.2 Å². The van der Waals surface area contributed by atoms with Crippen LogP contribution in [0.25, 0.3) is 0 Å². The van der Waals surface area contributed by atoms with Crippen LogP contribution in [0.2, 0.25) is 0 Å². The molecule has 1 amide bonds. The lowest BCUT2D eigenvalue weighted by Gasteiger charge is -2.15. The minimum Gasteiger partial charge on any atom is -0.479 e. The van der Waals surface area contributed by atoms with E-state index >= 15 is 0 Å². The summed E-state index contributed by atoms with van der Waals surface area (Å²) < 4.78 is 41.7. The van der Waals surface area contributed by atoms with Gasteiger partial charge in [0.1, 0.15) is 5.75 Å². The molecule has 8 heteroatoms. The van der Waals surface area contributed by atoms with E-state index in [9.17, 15) is 27.9 Å². The number of carbonyl (C=O) groups excluding carboxylic acids is 1. The molecule has 0 spiro atoms. The number of carboxylic acid groups (broad SMARTS) is 1. The van der Waals surface area contributed by atoms with Crippen molar-refractivity contribution < 1.29 is 32.6 Å². The van der Waals surface area contributed by atoms with E-state index in [-0.39, 0.29) is 11.3 Å². The minimum absolute atomic E-state index is 0.279. The van der Waals surface area contributed by atoms with E-state index in [4.69, 9.17) is 0 Å². The molecule has 0 aromatic heterocycles. The second-order valence-electron chi connectivity index (χ2n) is 6.22. The third kappa shape index (κ3) is 4.58. The van der Waals surface area contributed by atoms with Crippen LogP contribution < -0.4 is 10.1 Å². The van der Waals surface area contributed by atoms with Crippen LogP contribution in [0, 0.1) is 5.92 Å². The summed E-state index contributed by atoms with van der Waals surface area (Å²) in [5.74, 6) is -3.13. The third-order valence-corrected chi connectivity index (χ3v) is 4.34. The number of para-hydroxylation sites is 1. The molecule has 2 unspecified atom stereocenters. The first-order valence-corrected chi connectivity index (χ1v) is 8.19. The summed E-state index contributed by atoms with van der Waals surface area (Å²) in [4.78, 5) is 23.9. The molecule has 1 saturated carbocycles. The maximum absolute atomic E-state index is 12.5. The van der Waals surface area contributed by atoms with E-state index in [1.54, 1.807) is 36.4 Å². The summed E-state index contributed by atoms with van der Waals surface area (Å²) in [6.45, 7) is 0. The molecule has 2 aromatic rings. The van der Waals surface area contributed by atoms with Crippen LogP contribution in [0.4, 0.5) is 13.2 Å². The first-order valence-electron chi connectivity index (χ1n) is 8.19. The molecule has 1 fully saturated rings. The molecule has 2 aromatic carbocycles. The highest BCUT2D eigenvalue weighted by atomic mass is 19.4. The minimum atomic E-state index is -4.83. The van der Waals surface area contributed by atoms with Gasteiger partial charge in [-0.25, -0.2) is 4.79 Å². The Bertz CT molecular complexity index is 838. The fourth-order valence-corrected chi connectivity index (χ4v) is 3.02. The quantitative estimate of drug-likeness (QED) is 0.804. The van der Waals surface area contributed by atoms with E-state index < -0.39 is 36.1 Å². The van der Waals surface area contributed by atoms with Crippen LogP contribution in [-0.2, 0) is 9.59 Å². The van der Waals surface area contributed by atoms with Crippen molar-refractivity contribution in [3.8, 4) is 5.75 Å². The smallest absolute Gasteiger partial charge is 0.479 e. The number of alkyl halides is 3. The number of benzene rings is 2. The third-order valence-electron chi connectivity index (χ3n) is 4.34. The molecule has 27 heavy (non-hydrogen) atoms. The number of rotatable bonds is 6. The predicted octanol–water partition coefficient (Wildman–Crippen LogP) is 3.63. The van der Waals surface area contributed by atoms with Gasteiger partial charge in [0.25, 0.3) is 0 Å². The monoisotopic (exact) mass is 379 g/mol. The largest absolute Gasteiger partial charge is 0.573 e. The number of nitrogens with one attached hydrogen (secondary N) is 1. The second-order valence-corrected chi connectivity index (χ2v) is 6.22. The Kier molecular flexibility index (Phi) is 5.07. The Balaban J connectivity index is 1.72. The maximum Gasteiger partial charge on any atom is 0.573 e. The topological polar surface area (TPSA) is 75.6 Å². The van der Waals surface area contributed by atoms with Crippen molar-refractivity contribution in [2.24, 2.45) is 5.92 Å². The van der Waals surface area contributed by atoms with Gasteiger partial charge in [-0.3, -0.25) is 4.79 Å². The summed E-state index contributed by atoms with van der Waals surface area (Å²) in [5.41, 5.74) is 0.693. The van der Waals surface area contributed by atoms with E-state index in [1.165, 1.54) is 18.2 Å². The van der Waals surface area contributed by atoms with Crippen molar-refractivity contribution in [1.29, 1.82) is 0 Å². The molecule has 1 aliphatic rings. The normalized spacial score (nSPS) is 19.8. The zero-order chi connectivity index (χ0) is 19.6. The summed E-state index contributed by atoms with van der Waals surface area (Å²) in [5, 5.41) is 11.8. The van der Waals surface area contributed by atoms with E-state index in [0.29, 0.717) is 12.0 Å². The van der Waals surface area contributed by atoms with E-state index in [0.717, 1.165) is 0 Å². The van der Waals surface area contributed by atoms with Gasteiger partial charge in [0.2, 0.25) is 5.91 Å². The lowest BCUT2D eigenvalue weighted by molar-refractivity contribution is -0.274. The molecular formula is C19H16F3NO4. The van der Waals surface area contributed by atoms with Crippen molar-refractivity contribution in [3.05, 3.63) is 65.7 Å². The zero-order valence-corrected chi connectivity index (χ0v) is 13.9. The first-order chi connectivity index (χ1) is 12.8. The highest BCUT2D eigenvalue weighted by molar-refractivity contribution is 5.88. The second kappa shape index (κ2) is 7.30. The van der Waals surface area contributed by atoms with Crippen molar-refractivity contribution in [3.63, 3.8) is 0 Å². The number of carboxylic acids is 1. The highest BCUT2D eigenvalue weighted by Crippen LogP contribution is 2.51. The lowest BCUT2D eigenvalue weighted by atomic mass is 10.1. The van der Waals surface area contributed by atoms with E-state index in [2.05, 4.69) is 10.1 Å². The Morgan fingerprint density at radius 2 is 1.70 bits per heavy atom. The van der Waals surface area contributed by atoms with Crippen molar-refractivity contribution >= 4 is 11.9 Å². The Morgan fingerprint density at radius 3 is 2.33 bits per heavy atom. The zero-order valence-electron chi connectivity index (χ0n) is 13.9. The van der Waals surface area contributed by atoms with Gasteiger partial charge in [-0.1, -0.05) is 48.5 Å². The molecule has 0 heterocycles. The summed E-state index contributed by atoms with van der Waals surface area (Å²) in [6.07, 6.45) is -4.50. The van der Waals surface area contributed by atoms with Crippen molar-refractivity contribution in [2.45, 2.75) is 24.7 Å². The van der Waals surface area contributed by atoms with Crippen LogP contribution in [0.5, 0.6) is 5.75 Å². The summed E-state index contributed by atoms with van der Waals surface area (Å²) in [6, 6.07) is 12.6. The maximum atomic E-state index is 12.5. The van der Waals surface area contributed by atoms with Gasteiger partial charge in [0, 0.05) is 5.92 Å². The van der Waals surface area contributed by atoms with Crippen molar-refractivity contribution in [1.82, 2.24) is 5.32 Å². The Hall–Kier alpha value is -3.03. The van der Waals surface area contributed by atoms with Gasteiger partial charge in [-0.15, -0.1) is 13.2 Å². The predicted molar refractivity (Wildman–Crippen MR) is 88.9 cm³/mol. The number of hydrogen-bond acceptors (Lipinski definition) is 3. The number of carbonyl (C=O) groups is 2. The molecule has 5 nitrogen and oxygen atoms in total. The van der Waals surface area contributed by atoms with Crippen molar-refractivity contribution in [2.75, 3.05) is 0 Å². The SMILES string of the molecule is O=C(N[C@@H](C(=O)O)c1ccccc1)C1CC1c1ccccc1OC(F)(F)F. The van der Waals surface area contributed by atoms with Gasteiger partial charge in [-0.05, 0) is 29.5 Å². The van der Waals surface area contributed by atoms with Crippen LogP contribution in [0.1, 0.15) is 29.5 Å². The molecular weight excluding hydrogens is 363 g/mol. The number of halogens is 3. The number of hydrogen-bond donors (Lipinski definition) is 2. The lowest BCUT2D eigenvalue weighted by Crippen LogP contribution is -2.35. The Labute approximate surface area is 152 Å². The van der Waals surface area contributed by atoms with Gasteiger partial charge in [0.15, 0.2) is 6.04 Å². The van der Waals surface area contributed by atoms with Crippen LogP contribution in [-0.4, -0.2) is 23.3 Å². The van der Waals surface area contributed by atoms with E-state index in [1.807, 2.05) is 0 Å². The average molecular weight is 379 g/mol. The first kappa shape index (κ1) is 18.8. The summed E-state index contributed by atoms with van der Waals surface area (Å²) >= 11 is 0. The average Bonchev–Trinajstić information content (AvgIpc) is 3.40. The van der Waals surface area contributed by atoms with Crippen LogP contribution in [0.15, 0.2) is 54.6 Å². The van der Waals surface area contributed by atoms with Gasteiger partial charge in [-0.2, -0.15) is 0 Å². The van der Waals surface area contributed by atoms with Gasteiger partial charge in [0.05, 0.1) is 0 Å². The van der Waals surface area contributed by atoms with Crippen LogP contribution >= 0.6 is 0 Å². The highest BCUT2D eigenvalue weighted by Gasteiger charge is 2.47. The fourth-order valence-electron chi connectivity index (χ4n) is 3.02. The molecule has 0 aliphatic heterocycles. The van der Waals surface area contributed by atoms with Gasteiger partial charge >= 0.3 is 12.3 Å². The molecule has 0 saturated heterocycles. The molecule has 3 atom stereocenters. The molecule has 0 bridgehead atoms. The number of ether oxygens (including phenoxy) is 1. The molecule has 3 rings (SSSR count). The Morgan fingerprint density at radius 1 is 1.07 bits per heavy atom.